The summed E-state index contributed by atoms with van der Waals surface area (Å²) in [5.41, 5.74) is 3.91. The van der Waals surface area contributed by atoms with Gasteiger partial charge < -0.3 is 15.0 Å². The molecule has 0 aromatic heterocycles. The molecule has 148 valence electrons. The monoisotopic (exact) mass is 386 g/mol. The molecule has 0 spiro atoms. The fourth-order valence-corrected chi connectivity index (χ4v) is 3.84. The smallest absolute Gasteiger partial charge is 0.252 e. The summed E-state index contributed by atoms with van der Waals surface area (Å²) in [5.74, 6) is -0.0783. The molecule has 0 bridgehead atoms. The van der Waals surface area contributed by atoms with Gasteiger partial charge in [0.25, 0.3) is 5.91 Å². The highest BCUT2D eigenvalue weighted by Crippen LogP contribution is 2.24. The number of anilines is 1. The van der Waals surface area contributed by atoms with Crippen LogP contribution in [0.15, 0.2) is 84.9 Å². The van der Waals surface area contributed by atoms with Gasteiger partial charge in [-0.3, -0.25) is 4.79 Å². The van der Waals surface area contributed by atoms with Crippen molar-refractivity contribution in [3.05, 3.63) is 102 Å². The molecule has 1 aliphatic heterocycles. The lowest BCUT2D eigenvalue weighted by molar-refractivity contribution is 0.0943. The average Bonchev–Trinajstić information content (AvgIpc) is 3.28. The minimum atomic E-state index is -0.189. The van der Waals surface area contributed by atoms with Gasteiger partial charge in [0.1, 0.15) is 0 Å². The molecule has 1 aliphatic rings. The molecular weight excluding hydrogens is 360 g/mol. The zero-order chi connectivity index (χ0) is 20.1. The van der Waals surface area contributed by atoms with Gasteiger partial charge in [0.2, 0.25) is 0 Å². The molecule has 1 N–H and O–H groups in total. The molecule has 1 saturated heterocycles. The van der Waals surface area contributed by atoms with E-state index in [-0.39, 0.29) is 18.1 Å². The third-order valence-corrected chi connectivity index (χ3v) is 5.51. The summed E-state index contributed by atoms with van der Waals surface area (Å²) in [7, 11) is 1.76. The fourth-order valence-electron chi connectivity index (χ4n) is 3.84. The van der Waals surface area contributed by atoms with Crippen molar-refractivity contribution in [1.82, 2.24) is 5.32 Å². The van der Waals surface area contributed by atoms with E-state index in [1.54, 1.807) is 7.11 Å². The van der Waals surface area contributed by atoms with Crippen molar-refractivity contribution in [3.63, 3.8) is 0 Å². The number of rotatable bonds is 6. The van der Waals surface area contributed by atoms with E-state index < -0.39 is 0 Å². The van der Waals surface area contributed by atoms with Crippen LogP contribution in [0.4, 0.5) is 5.69 Å². The van der Waals surface area contributed by atoms with Crippen molar-refractivity contribution in [2.75, 3.05) is 25.1 Å². The Bertz CT molecular complexity index is 887. The second kappa shape index (κ2) is 8.93. The first-order valence-electron chi connectivity index (χ1n) is 10.0. The Morgan fingerprint density at radius 2 is 1.52 bits per heavy atom. The molecule has 3 aromatic carbocycles. The van der Waals surface area contributed by atoms with Crippen LogP contribution < -0.4 is 10.2 Å². The van der Waals surface area contributed by atoms with E-state index in [9.17, 15) is 4.79 Å². The van der Waals surface area contributed by atoms with E-state index in [0.717, 1.165) is 36.3 Å². The molecule has 1 fully saturated rings. The second-order valence-electron chi connectivity index (χ2n) is 7.37. The Morgan fingerprint density at radius 1 is 0.931 bits per heavy atom. The van der Waals surface area contributed by atoms with Crippen LogP contribution in [0.2, 0.25) is 0 Å². The number of ether oxygens (including phenoxy) is 1. The van der Waals surface area contributed by atoms with Crippen LogP contribution >= 0.6 is 0 Å². The van der Waals surface area contributed by atoms with Gasteiger partial charge in [-0.1, -0.05) is 60.7 Å². The van der Waals surface area contributed by atoms with E-state index in [1.165, 1.54) is 0 Å². The van der Waals surface area contributed by atoms with Gasteiger partial charge in [0.05, 0.1) is 12.1 Å². The van der Waals surface area contributed by atoms with Crippen molar-refractivity contribution in [2.24, 2.45) is 0 Å². The number of hydrogen-bond acceptors (Lipinski definition) is 3. The summed E-state index contributed by atoms with van der Waals surface area (Å²) < 4.78 is 5.45. The number of amides is 1. The predicted octanol–water partition coefficient (Wildman–Crippen LogP) is 4.43. The maximum atomic E-state index is 13.0. The van der Waals surface area contributed by atoms with E-state index in [1.807, 2.05) is 84.9 Å². The molecule has 1 atom stereocenters. The molecule has 3 aromatic rings. The van der Waals surface area contributed by atoms with Gasteiger partial charge in [-0.05, 0) is 41.8 Å². The highest BCUT2D eigenvalue weighted by molar-refractivity contribution is 5.95. The van der Waals surface area contributed by atoms with Crippen molar-refractivity contribution < 1.29 is 9.53 Å². The largest absolute Gasteiger partial charge is 0.380 e. The summed E-state index contributed by atoms with van der Waals surface area (Å²) >= 11 is 0. The van der Waals surface area contributed by atoms with Crippen LogP contribution in [-0.4, -0.2) is 32.2 Å². The SMILES string of the molecule is CO[C@H]1CCN(c2ccc(C(=O)NC(c3ccccc3)c3ccccc3)cc2)C1. The highest BCUT2D eigenvalue weighted by Gasteiger charge is 2.23. The Hall–Kier alpha value is -3.11. The van der Waals surface area contributed by atoms with Crippen LogP contribution in [0, 0.1) is 0 Å². The quantitative estimate of drug-likeness (QED) is 0.681. The molecule has 4 heteroatoms. The van der Waals surface area contributed by atoms with Crippen LogP contribution in [0.5, 0.6) is 0 Å². The zero-order valence-corrected chi connectivity index (χ0v) is 16.6. The third-order valence-electron chi connectivity index (χ3n) is 5.51. The number of nitrogens with one attached hydrogen (secondary N) is 1. The molecule has 0 aliphatic carbocycles. The van der Waals surface area contributed by atoms with Crippen molar-refractivity contribution in [1.29, 1.82) is 0 Å². The summed E-state index contributed by atoms with van der Waals surface area (Å²) in [6.07, 6.45) is 1.32. The average molecular weight is 386 g/mol. The van der Waals surface area contributed by atoms with Gasteiger partial charge in [-0.15, -0.1) is 0 Å². The number of methoxy groups -OCH3 is 1. The number of benzene rings is 3. The molecule has 1 heterocycles. The standard InChI is InChI=1S/C25H26N2O2/c1-29-23-16-17-27(18-23)22-14-12-21(13-15-22)25(28)26-24(19-8-4-2-5-9-19)20-10-6-3-7-11-20/h2-15,23-24H,16-18H2,1H3,(H,26,28)/t23-/m0/s1. The predicted molar refractivity (Wildman–Crippen MR) is 116 cm³/mol. The lowest BCUT2D eigenvalue weighted by Crippen LogP contribution is -2.29. The van der Waals surface area contributed by atoms with E-state index in [2.05, 4.69) is 10.2 Å². The first kappa shape index (κ1) is 19.2. The number of nitrogens with zero attached hydrogens (tertiary/aromatic N) is 1. The maximum absolute atomic E-state index is 13.0. The molecule has 29 heavy (non-hydrogen) atoms. The van der Waals surface area contributed by atoms with E-state index in [4.69, 9.17) is 4.74 Å². The van der Waals surface area contributed by atoms with Gasteiger partial charge >= 0.3 is 0 Å². The van der Waals surface area contributed by atoms with E-state index in [0.29, 0.717) is 5.56 Å². The summed E-state index contributed by atoms with van der Waals surface area (Å²) in [6.45, 7) is 1.88. The molecule has 0 unspecified atom stereocenters. The molecule has 0 radical (unpaired) electrons. The minimum absolute atomic E-state index is 0.0783. The van der Waals surface area contributed by atoms with Gasteiger partial charge in [0.15, 0.2) is 0 Å². The zero-order valence-electron chi connectivity index (χ0n) is 16.6. The van der Waals surface area contributed by atoms with Crippen molar-refractivity contribution in [3.8, 4) is 0 Å². The minimum Gasteiger partial charge on any atom is -0.380 e. The first-order chi connectivity index (χ1) is 14.2. The van der Waals surface area contributed by atoms with Crippen molar-refractivity contribution in [2.45, 2.75) is 18.6 Å². The Labute approximate surface area is 172 Å². The summed E-state index contributed by atoms with van der Waals surface area (Å²) in [6, 6.07) is 27.8. The van der Waals surface area contributed by atoms with Crippen LogP contribution in [0.25, 0.3) is 0 Å². The topological polar surface area (TPSA) is 41.6 Å². The van der Waals surface area contributed by atoms with Crippen LogP contribution in [0.3, 0.4) is 0 Å². The Balaban J connectivity index is 1.51. The Morgan fingerprint density at radius 3 is 2.03 bits per heavy atom. The lowest BCUT2D eigenvalue weighted by atomic mass is 9.98. The highest BCUT2D eigenvalue weighted by atomic mass is 16.5. The summed E-state index contributed by atoms with van der Waals surface area (Å²) in [5, 5.41) is 3.20. The Kier molecular flexibility index (Phi) is 5.92. The van der Waals surface area contributed by atoms with Gasteiger partial charge in [0, 0.05) is 31.5 Å². The van der Waals surface area contributed by atoms with Gasteiger partial charge in [-0.2, -0.15) is 0 Å². The maximum Gasteiger partial charge on any atom is 0.252 e. The number of carbonyl (C=O) groups excluding carboxylic acids is 1. The fraction of sp³-hybridized carbons (Fsp3) is 0.240. The lowest BCUT2D eigenvalue weighted by Gasteiger charge is -2.21. The van der Waals surface area contributed by atoms with Crippen LogP contribution in [-0.2, 0) is 4.74 Å². The molecular formula is C25H26N2O2. The first-order valence-corrected chi connectivity index (χ1v) is 10.0. The second-order valence-corrected chi connectivity index (χ2v) is 7.37. The van der Waals surface area contributed by atoms with E-state index >= 15 is 0 Å². The van der Waals surface area contributed by atoms with Crippen molar-refractivity contribution >= 4 is 11.6 Å². The van der Waals surface area contributed by atoms with Gasteiger partial charge in [-0.25, -0.2) is 0 Å². The molecule has 1 amide bonds. The molecule has 0 saturated carbocycles. The number of carbonyl (C=O) groups is 1. The normalized spacial score (nSPS) is 16.2. The summed E-state index contributed by atoms with van der Waals surface area (Å²) in [4.78, 5) is 15.3. The number of hydrogen-bond donors (Lipinski definition) is 1. The molecule has 4 rings (SSSR count). The third kappa shape index (κ3) is 4.49. The molecule has 4 nitrogen and oxygen atoms in total. The van der Waals surface area contributed by atoms with Crippen LogP contribution in [0.1, 0.15) is 33.9 Å².